The van der Waals surface area contributed by atoms with E-state index in [1.165, 1.54) is 44.5 Å². The number of allylic oxidation sites excluding steroid dienone is 1. The summed E-state index contributed by atoms with van der Waals surface area (Å²) >= 11 is 0. The Kier molecular flexibility index (Phi) is 5.42. The molecule has 3 aromatic carbocycles. The van der Waals surface area contributed by atoms with Crippen molar-refractivity contribution in [3.05, 3.63) is 99.6 Å². The van der Waals surface area contributed by atoms with Crippen molar-refractivity contribution in [1.29, 1.82) is 0 Å². The average Bonchev–Trinajstić information content (AvgIpc) is 2.83. The zero-order chi connectivity index (χ0) is 20.5. The molecule has 0 aromatic heterocycles. The quantitative estimate of drug-likeness (QED) is 0.565. The zero-order valence-corrected chi connectivity index (χ0v) is 18.3. The molecule has 1 N–H and O–H groups in total. The van der Waals surface area contributed by atoms with E-state index in [1.54, 1.807) is 6.26 Å². The lowest BCUT2D eigenvalue weighted by Gasteiger charge is -2.18. The summed E-state index contributed by atoms with van der Waals surface area (Å²) in [7, 11) is -1.09. The third-order valence-electron chi connectivity index (χ3n) is 5.66. The zero-order valence-electron chi connectivity index (χ0n) is 17.5. The lowest BCUT2D eigenvalue weighted by Crippen LogP contribution is -2.01. The van der Waals surface area contributed by atoms with Gasteiger partial charge in [0.2, 0.25) is 0 Å². The summed E-state index contributed by atoms with van der Waals surface area (Å²) in [6.45, 7) is 6.54. The SMILES string of the molecule is CC(=C1c2ccc(C)cc2CCc2cc(C)ccc21)c1cccc(NS(C)=O)c1. The minimum Gasteiger partial charge on any atom is -0.305 e. The Morgan fingerprint density at radius 2 is 1.45 bits per heavy atom. The number of hydrogen-bond acceptors (Lipinski definition) is 1. The Morgan fingerprint density at radius 3 is 2.00 bits per heavy atom. The van der Waals surface area contributed by atoms with Crippen LogP contribution < -0.4 is 4.72 Å². The predicted molar refractivity (Wildman–Crippen MR) is 125 cm³/mol. The first kappa shape index (κ1) is 19.7. The molecule has 0 spiro atoms. The number of aryl methyl sites for hydroxylation is 4. The minimum absolute atomic E-state index is 0.880. The van der Waals surface area contributed by atoms with Crippen LogP contribution in [0.15, 0.2) is 60.7 Å². The largest absolute Gasteiger partial charge is 0.305 e. The fourth-order valence-electron chi connectivity index (χ4n) is 4.29. The van der Waals surface area contributed by atoms with Crippen molar-refractivity contribution in [2.24, 2.45) is 0 Å². The number of hydrogen-bond donors (Lipinski definition) is 1. The predicted octanol–water partition coefficient (Wildman–Crippen LogP) is 6.09. The summed E-state index contributed by atoms with van der Waals surface area (Å²) in [4.78, 5) is 0. The van der Waals surface area contributed by atoms with E-state index in [9.17, 15) is 4.21 Å². The second-order valence-electron chi connectivity index (χ2n) is 7.96. The molecule has 29 heavy (non-hydrogen) atoms. The second-order valence-corrected chi connectivity index (χ2v) is 9.07. The van der Waals surface area contributed by atoms with Crippen LogP contribution in [-0.2, 0) is 23.8 Å². The van der Waals surface area contributed by atoms with Gasteiger partial charge < -0.3 is 4.72 Å². The van der Waals surface area contributed by atoms with Crippen LogP contribution in [0, 0.1) is 13.8 Å². The molecule has 3 heteroatoms. The Bertz CT molecular complexity index is 1090. The van der Waals surface area contributed by atoms with Crippen molar-refractivity contribution in [2.75, 3.05) is 11.0 Å². The lowest BCUT2D eigenvalue weighted by molar-refractivity contribution is 0.690. The van der Waals surface area contributed by atoms with E-state index in [1.807, 2.05) is 12.1 Å². The van der Waals surface area contributed by atoms with E-state index < -0.39 is 11.0 Å². The maximum absolute atomic E-state index is 11.6. The van der Waals surface area contributed by atoms with Crippen LogP contribution >= 0.6 is 0 Å². The summed E-state index contributed by atoms with van der Waals surface area (Å²) < 4.78 is 14.6. The molecule has 1 aliphatic rings. The molecular weight excluding hydrogens is 374 g/mol. The molecule has 0 aliphatic heterocycles. The van der Waals surface area contributed by atoms with Gasteiger partial charge >= 0.3 is 0 Å². The van der Waals surface area contributed by atoms with Gasteiger partial charge in [0.1, 0.15) is 11.0 Å². The minimum atomic E-state index is -1.09. The molecule has 0 fully saturated rings. The summed E-state index contributed by atoms with van der Waals surface area (Å²) in [6, 6.07) is 21.9. The third-order valence-corrected chi connectivity index (χ3v) is 6.18. The van der Waals surface area contributed by atoms with Crippen LogP contribution in [0.5, 0.6) is 0 Å². The van der Waals surface area contributed by atoms with Crippen LogP contribution in [0.3, 0.4) is 0 Å². The number of nitrogens with one attached hydrogen (secondary N) is 1. The van der Waals surface area contributed by atoms with Crippen LogP contribution in [-0.4, -0.2) is 10.5 Å². The standard InChI is InChI=1S/C26H27NOS/c1-17-8-12-24-21(14-17)10-11-22-15-18(2)9-13-25(22)26(24)19(3)20-6-5-7-23(16-20)27-29(4)28/h5-9,12-16,27H,10-11H2,1-4H3. The molecule has 4 rings (SSSR count). The van der Waals surface area contributed by atoms with Gasteiger partial charge in [0.25, 0.3) is 0 Å². The Hall–Kier alpha value is -2.65. The number of anilines is 1. The van der Waals surface area contributed by atoms with Crippen molar-refractivity contribution in [2.45, 2.75) is 33.6 Å². The van der Waals surface area contributed by atoms with Crippen LogP contribution in [0.1, 0.15) is 45.9 Å². The first-order valence-corrected chi connectivity index (χ1v) is 11.6. The molecule has 1 aliphatic carbocycles. The van der Waals surface area contributed by atoms with Crippen molar-refractivity contribution in [3.63, 3.8) is 0 Å². The van der Waals surface area contributed by atoms with E-state index >= 15 is 0 Å². The van der Waals surface area contributed by atoms with Crippen molar-refractivity contribution < 1.29 is 4.21 Å². The van der Waals surface area contributed by atoms with Crippen molar-refractivity contribution in [3.8, 4) is 0 Å². The van der Waals surface area contributed by atoms with Gasteiger partial charge in [-0.25, -0.2) is 4.21 Å². The van der Waals surface area contributed by atoms with E-state index in [0.29, 0.717) is 0 Å². The highest BCUT2D eigenvalue weighted by molar-refractivity contribution is 7.85. The molecule has 0 radical (unpaired) electrons. The van der Waals surface area contributed by atoms with E-state index in [4.69, 9.17) is 0 Å². The Balaban J connectivity index is 1.97. The normalized spacial score (nSPS) is 13.9. The van der Waals surface area contributed by atoms with Gasteiger partial charge in [-0.2, -0.15) is 0 Å². The molecule has 2 nitrogen and oxygen atoms in total. The fraction of sp³-hybridized carbons (Fsp3) is 0.231. The topological polar surface area (TPSA) is 29.1 Å². The first-order valence-electron chi connectivity index (χ1n) is 10.0. The molecule has 1 unspecified atom stereocenters. The Labute approximate surface area is 176 Å². The van der Waals surface area contributed by atoms with Gasteiger partial charge in [0.15, 0.2) is 0 Å². The number of benzene rings is 3. The molecule has 1 atom stereocenters. The smallest absolute Gasteiger partial charge is 0.113 e. The van der Waals surface area contributed by atoms with Crippen molar-refractivity contribution >= 4 is 27.8 Å². The molecule has 148 valence electrons. The molecule has 0 amide bonds. The fourth-order valence-corrected chi connectivity index (χ4v) is 4.75. The molecule has 0 saturated heterocycles. The highest BCUT2D eigenvalue weighted by atomic mass is 32.2. The maximum Gasteiger partial charge on any atom is 0.113 e. The van der Waals surface area contributed by atoms with E-state index in [-0.39, 0.29) is 0 Å². The van der Waals surface area contributed by atoms with Gasteiger partial charge in [-0.1, -0.05) is 59.7 Å². The van der Waals surface area contributed by atoms with E-state index in [2.05, 4.69) is 74.0 Å². The Morgan fingerprint density at radius 1 is 0.862 bits per heavy atom. The maximum atomic E-state index is 11.6. The van der Waals surface area contributed by atoms with Crippen LogP contribution in [0.25, 0.3) is 11.1 Å². The number of fused-ring (bicyclic) bond motifs is 2. The average molecular weight is 402 g/mol. The number of rotatable bonds is 3. The highest BCUT2D eigenvalue weighted by Crippen LogP contribution is 2.39. The van der Waals surface area contributed by atoms with Gasteiger partial charge in [-0.15, -0.1) is 0 Å². The molecule has 0 heterocycles. The third kappa shape index (κ3) is 4.06. The van der Waals surface area contributed by atoms with Crippen LogP contribution in [0.4, 0.5) is 5.69 Å². The first-order chi connectivity index (χ1) is 13.9. The van der Waals surface area contributed by atoms with Gasteiger partial charge in [0.05, 0.1) is 0 Å². The van der Waals surface area contributed by atoms with Gasteiger partial charge in [-0.3, -0.25) is 0 Å². The summed E-state index contributed by atoms with van der Waals surface area (Å²) in [5.74, 6) is 0. The monoisotopic (exact) mass is 401 g/mol. The van der Waals surface area contributed by atoms with Gasteiger partial charge in [-0.05, 0) is 84.7 Å². The summed E-state index contributed by atoms with van der Waals surface area (Å²) in [5, 5.41) is 0. The van der Waals surface area contributed by atoms with Crippen molar-refractivity contribution in [1.82, 2.24) is 0 Å². The van der Waals surface area contributed by atoms with E-state index in [0.717, 1.165) is 24.1 Å². The van der Waals surface area contributed by atoms with Gasteiger partial charge in [0, 0.05) is 11.9 Å². The molecular formula is C26H27NOS. The lowest BCUT2D eigenvalue weighted by atomic mass is 9.87. The van der Waals surface area contributed by atoms with Crippen LogP contribution in [0.2, 0.25) is 0 Å². The second kappa shape index (κ2) is 8.00. The molecule has 3 aromatic rings. The molecule has 0 saturated carbocycles. The summed E-state index contributed by atoms with van der Waals surface area (Å²) in [6.07, 6.45) is 3.77. The highest BCUT2D eigenvalue weighted by Gasteiger charge is 2.21. The summed E-state index contributed by atoms with van der Waals surface area (Å²) in [5.41, 5.74) is 12.7. The molecule has 0 bridgehead atoms.